The van der Waals surface area contributed by atoms with Crippen LogP contribution in [0.4, 0.5) is 5.69 Å². The van der Waals surface area contributed by atoms with Gasteiger partial charge in [0.2, 0.25) is 0 Å². The van der Waals surface area contributed by atoms with Crippen LogP contribution in [0.25, 0.3) is 0 Å². The van der Waals surface area contributed by atoms with E-state index in [2.05, 4.69) is 5.32 Å². The third-order valence-electron chi connectivity index (χ3n) is 2.22. The van der Waals surface area contributed by atoms with Crippen LogP contribution >= 0.6 is 0 Å². The fraction of sp³-hybridized carbons (Fsp3) is 0.286. The third-order valence-corrected chi connectivity index (χ3v) is 2.22. The molecule has 1 N–H and O–H groups in total. The molecule has 1 aromatic rings. The first kappa shape index (κ1) is 13.8. The number of rotatable bonds is 4. The van der Waals surface area contributed by atoms with Crippen molar-refractivity contribution in [3.63, 3.8) is 0 Å². The number of nitrogens with zero attached hydrogens (tertiary/aromatic N) is 1. The lowest BCUT2D eigenvalue weighted by molar-refractivity contribution is -0.138. The van der Waals surface area contributed by atoms with Crippen LogP contribution in [0.1, 0.15) is 18.1 Å². The summed E-state index contributed by atoms with van der Waals surface area (Å²) in [4.78, 5) is 11.4. The van der Waals surface area contributed by atoms with Gasteiger partial charge < -0.3 is 10.1 Å². The molecule has 0 heterocycles. The molecule has 0 spiro atoms. The Morgan fingerprint density at radius 2 is 2.00 bits per heavy atom. The molecule has 0 aliphatic rings. The molecule has 0 saturated heterocycles. The Hall–Kier alpha value is -2.28. The summed E-state index contributed by atoms with van der Waals surface area (Å²) in [6, 6.07) is 7.73. The average molecular weight is 244 g/mol. The van der Waals surface area contributed by atoms with Gasteiger partial charge in [0.1, 0.15) is 6.07 Å². The van der Waals surface area contributed by atoms with E-state index in [1.165, 1.54) is 6.20 Å². The predicted molar refractivity (Wildman–Crippen MR) is 69.9 cm³/mol. The zero-order valence-corrected chi connectivity index (χ0v) is 10.8. The maximum Gasteiger partial charge on any atom is 0.350 e. The zero-order valence-electron chi connectivity index (χ0n) is 10.8. The number of esters is 1. The van der Waals surface area contributed by atoms with E-state index < -0.39 is 5.97 Å². The maximum absolute atomic E-state index is 11.4. The average Bonchev–Trinajstić information content (AvgIpc) is 2.29. The summed E-state index contributed by atoms with van der Waals surface area (Å²) >= 11 is 0. The molecule has 4 nitrogen and oxygen atoms in total. The van der Waals surface area contributed by atoms with Crippen LogP contribution in [-0.4, -0.2) is 12.6 Å². The van der Waals surface area contributed by atoms with E-state index in [4.69, 9.17) is 10.00 Å². The summed E-state index contributed by atoms with van der Waals surface area (Å²) in [5, 5.41) is 11.8. The summed E-state index contributed by atoms with van der Waals surface area (Å²) in [6.07, 6.45) is 1.37. The molecule has 0 aliphatic heterocycles. The van der Waals surface area contributed by atoms with Crippen LogP contribution in [-0.2, 0) is 9.53 Å². The van der Waals surface area contributed by atoms with Crippen molar-refractivity contribution in [3.05, 3.63) is 41.1 Å². The van der Waals surface area contributed by atoms with E-state index in [9.17, 15) is 4.79 Å². The standard InChI is InChI=1S/C14H16N2O2/c1-4-18-14(17)12(8-15)9-16-13-6-10(2)5-11(3)7-13/h5-7,9,16H,4H2,1-3H3/b12-9+. The van der Waals surface area contributed by atoms with Crippen LogP contribution in [0.15, 0.2) is 30.0 Å². The lowest BCUT2D eigenvalue weighted by Gasteiger charge is -2.05. The molecule has 94 valence electrons. The summed E-state index contributed by atoms with van der Waals surface area (Å²) < 4.78 is 4.76. The number of ether oxygens (including phenoxy) is 1. The normalized spacial score (nSPS) is 10.7. The van der Waals surface area contributed by atoms with E-state index in [1.807, 2.05) is 38.1 Å². The molecule has 0 bridgehead atoms. The van der Waals surface area contributed by atoms with Crippen LogP contribution in [0.5, 0.6) is 0 Å². The largest absolute Gasteiger partial charge is 0.462 e. The number of anilines is 1. The van der Waals surface area contributed by atoms with Gasteiger partial charge in [0.15, 0.2) is 5.57 Å². The van der Waals surface area contributed by atoms with E-state index in [-0.39, 0.29) is 12.2 Å². The highest BCUT2D eigenvalue weighted by Gasteiger charge is 2.08. The molecule has 0 aliphatic carbocycles. The second-order valence-electron chi connectivity index (χ2n) is 3.91. The highest BCUT2D eigenvalue weighted by molar-refractivity contribution is 5.93. The lowest BCUT2D eigenvalue weighted by Crippen LogP contribution is -2.07. The first-order valence-corrected chi connectivity index (χ1v) is 5.69. The number of carbonyl (C=O) groups excluding carboxylic acids is 1. The zero-order chi connectivity index (χ0) is 13.5. The van der Waals surface area contributed by atoms with Crippen molar-refractivity contribution in [2.45, 2.75) is 20.8 Å². The fourth-order valence-electron chi connectivity index (χ4n) is 1.56. The number of nitriles is 1. The molecule has 0 saturated carbocycles. The van der Waals surface area contributed by atoms with Crippen molar-refractivity contribution in [1.29, 1.82) is 5.26 Å². The Balaban J connectivity index is 2.83. The minimum Gasteiger partial charge on any atom is -0.462 e. The number of nitrogens with one attached hydrogen (secondary N) is 1. The van der Waals surface area contributed by atoms with Gasteiger partial charge in [-0.2, -0.15) is 5.26 Å². The van der Waals surface area contributed by atoms with Crippen molar-refractivity contribution >= 4 is 11.7 Å². The summed E-state index contributed by atoms with van der Waals surface area (Å²) in [5.74, 6) is -0.614. The number of benzene rings is 1. The van der Waals surface area contributed by atoms with Crippen molar-refractivity contribution in [2.24, 2.45) is 0 Å². The summed E-state index contributed by atoms with van der Waals surface area (Å²) in [6.45, 7) is 5.92. The SMILES string of the molecule is CCOC(=O)/C(C#N)=C/Nc1cc(C)cc(C)c1. The Kier molecular flexibility index (Phi) is 4.94. The van der Waals surface area contributed by atoms with E-state index >= 15 is 0 Å². The number of hydrogen-bond donors (Lipinski definition) is 1. The predicted octanol–water partition coefficient (Wildman–Crippen LogP) is 2.69. The molecule has 0 fully saturated rings. The van der Waals surface area contributed by atoms with Gasteiger partial charge in [0, 0.05) is 11.9 Å². The highest BCUT2D eigenvalue weighted by Crippen LogP contribution is 2.14. The number of aryl methyl sites for hydroxylation is 2. The third kappa shape index (κ3) is 3.95. The van der Waals surface area contributed by atoms with Gasteiger partial charge in [-0.3, -0.25) is 0 Å². The minimum atomic E-state index is -0.614. The van der Waals surface area contributed by atoms with Gasteiger partial charge in [0.25, 0.3) is 0 Å². The summed E-state index contributed by atoms with van der Waals surface area (Å²) in [7, 11) is 0. The molecule has 4 heteroatoms. The second kappa shape index (κ2) is 6.45. The topological polar surface area (TPSA) is 62.1 Å². The fourth-order valence-corrected chi connectivity index (χ4v) is 1.56. The van der Waals surface area contributed by atoms with Crippen molar-refractivity contribution in [3.8, 4) is 6.07 Å². The van der Waals surface area contributed by atoms with E-state index in [1.54, 1.807) is 6.92 Å². The Labute approximate surface area is 107 Å². The van der Waals surface area contributed by atoms with Crippen LogP contribution in [0.2, 0.25) is 0 Å². The minimum absolute atomic E-state index is 0.0454. The van der Waals surface area contributed by atoms with Gasteiger partial charge in [0.05, 0.1) is 6.61 Å². The van der Waals surface area contributed by atoms with Crippen molar-refractivity contribution < 1.29 is 9.53 Å². The molecule has 0 unspecified atom stereocenters. The van der Waals surface area contributed by atoms with Crippen molar-refractivity contribution in [2.75, 3.05) is 11.9 Å². The number of carbonyl (C=O) groups is 1. The molecular weight excluding hydrogens is 228 g/mol. The van der Waals surface area contributed by atoms with Gasteiger partial charge >= 0.3 is 5.97 Å². The Morgan fingerprint density at radius 1 is 1.39 bits per heavy atom. The van der Waals surface area contributed by atoms with E-state index in [0.717, 1.165) is 16.8 Å². The molecule has 18 heavy (non-hydrogen) atoms. The monoisotopic (exact) mass is 244 g/mol. The van der Waals surface area contributed by atoms with Crippen LogP contribution < -0.4 is 5.32 Å². The lowest BCUT2D eigenvalue weighted by atomic mass is 10.1. The van der Waals surface area contributed by atoms with Gasteiger partial charge in [-0.05, 0) is 44.0 Å². The Morgan fingerprint density at radius 3 is 2.50 bits per heavy atom. The first-order valence-electron chi connectivity index (χ1n) is 5.69. The Bertz CT molecular complexity index is 493. The smallest absolute Gasteiger partial charge is 0.350 e. The molecule has 0 amide bonds. The van der Waals surface area contributed by atoms with Crippen LogP contribution in [0.3, 0.4) is 0 Å². The molecular formula is C14H16N2O2. The molecule has 1 aromatic carbocycles. The quantitative estimate of drug-likeness (QED) is 0.502. The summed E-state index contributed by atoms with van der Waals surface area (Å²) in [5.41, 5.74) is 3.02. The van der Waals surface area contributed by atoms with Crippen molar-refractivity contribution in [1.82, 2.24) is 0 Å². The molecule has 0 atom stereocenters. The van der Waals surface area contributed by atoms with E-state index in [0.29, 0.717) is 0 Å². The molecule has 0 radical (unpaired) electrons. The van der Waals surface area contributed by atoms with Crippen LogP contribution in [0, 0.1) is 25.2 Å². The molecule has 1 rings (SSSR count). The molecule has 0 aromatic heterocycles. The van der Waals surface area contributed by atoms with Gasteiger partial charge in [-0.15, -0.1) is 0 Å². The maximum atomic E-state index is 11.4. The highest BCUT2D eigenvalue weighted by atomic mass is 16.5. The van der Waals surface area contributed by atoms with Gasteiger partial charge in [-0.25, -0.2) is 4.79 Å². The first-order chi connectivity index (χ1) is 8.56. The van der Waals surface area contributed by atoms with Gasteiger partial charge in [-0.1, -0.05) is 6.07 Å². The number of hydrogen-bond acceptors (Lipinski definition) is 4. The second-order valence-corrected chi connectivity index (χ2v) is 3.91.